The maximum absolute atomic E-state index is 13.7. The van der Waals surface area contributed by atoms with Crippen molar-refractivity contribution in [3.05, 3.63) is 94.7 Å². The lowest BCUT2D eigenvalue weighted by molar-refractivity contribution is -0.137. The molecular formula is C32H32F3N3O3. The second-order valence-corrected chi connectivity index (χ2v) is 10.7. The Labute approximate surface area is 236 Å². The molecule has 214 valence electrons. The van der Waals surface area contributed by atoms with Crippen LogP contribution in [-0.2, 0) is 23.9 Å². The summed E-state index contributed by atoms with van der Waals surface area (Å²) in [4.78, 5) is 21.1. The van der Waals surface area contributed by atoms with Gasteiger partial charge in [0.25, 0.3) is 0 Å². The predicted molar refractivity (Wildman–Crippen MR) is 150 cm³/mol. The Kier molecular flexibility index (Phi) is 7.38. The van der Waals surface area contributed by atoms with Gasteiger partial charge in [-0.2, -0.15) is 13.2 Å². The Bertz CT molecular complexity index is 1560. The van der Waals surface area contributed by atoms with Gasteiger partial charge in [0.1, 0.15) is 0 Å². The number of hydrogen-bond donors (Lipinski definition) is 1. The van der Waals surface area contributed by atoms with Crippen molar-refractivity contribution in [3.63, 3.8) is 0 Å². The number of nitrogens with zero attached hydrogens (tertiary/aromatic N) is 2. The van der Waals surface area contributed by atoms with Gasteiger partial charge in [-0.25, -0.2) is 0 Å². The highest BCUT2D eigenvalue weighted by molar-refractivity contribution is 5.88. The summed E-state index contributed by atoms with van der Waals surface area (Å²) in [5.74, 6) is 0.925. The number of hydrogen-bond acceptors (Lipinski definition) is 4. The van der Waals surface area contributed by atoms with Crippen LogP contribution in [0.1, 0.15) is 47.1 Å². The van der Waals surface area contributed by atoms with Crippen LogP contribution < -0.4 is 9.47 Å². The number of rotatable bonds is 7. The lowest BCUT2D eigenvalue weighted by atomic mass is 9.86. The van der Waals surface area contributed by atoms with Gasteiger partial charge in [-0.15, -0.1) is 0 Å². The molecule has 1 N–H and O–H groups in total. The molecule has 4 aromatic rings. The summed E-state index contributed by atoms with van der Waals surface area (Å²) in [6, 6.07) is 17.3. The van der Waals surface area contributed by atoms with Crippen LogP contribution in [0.2, 0.25) is 0 Å². The van der Waals surface area contributed by atoms with E-state index in [-0.39, 0.29) is 19.1 Å². The summed E-state index contributed by atoms with van der Waals surface area (Å²) in [7, 11) is 0. The van der Waals surface area contributed by atoms with Crippen LogP contribution in [0, 0.1) is 0 Å². The highest BCUT2D eigenvalue weighted by atomic mass is 19.4. The summed E-state index contributed by atoms with van der Waals surface area (Å²) >= 11 is 0. The van der Waals surface area contributed by atoms with Crippen molar-refractivity contribution in [3.8, 4) is 11.5 Å². The van der Waals surface area contributed by atoms with Crippen molar-refractivity contribution < 1.29 is 27.4 Å². The molecule has 9 heteroatoms. The van der Waals surface area contributed by atoms with E-state index in [2.05, 4.69) is 16.8 Å². The van der Waals surface area contributed by atoms with Crippen LogP contribution in [-0.4, -0.2) is 53.7 Å². The molecule has 6 rings (SSSR count). The zero-order chi connectivity index (χ0) is 28.6. The minimum atomic E-state index is -4.46. The van der Waals surface area contributed by atoms with E-state index in [0.29, 0.717) is 31.7 Å². The third kappa shape index (κ3) is 5.63. The first-order chi connectivity index (χ1) is 19.8. The van der Waals surface area contributed by atoms with Gasteiger partial charge in [0.05, 0.1) is 5.56 Å². The number of alkyl halides is 3. The number of H-pyrrole nitrogens is 1. The Morgan fingerprint density at radius 3 is 2.54 bits per heavy atom. The largest absolute Gasteiger partial charge is 0.454 e. The molecule has 6 nitrogen and oxygen atoms in total. The van der Waals surface area contributed by atoms with Crippen LogP contribution in [0.25, 0.3) is 10.9 Å². The highest BCUT2D eigenvalue weighted by Gasteiger charge is 2.33. The second kappa shape index (κ2) is 11.1. The highest BCUT2D eigenvalue weighted by Crippen LogP contribution is 2.38. The molecule has 41 heavy (non-hydrogen) atoms. The van der Waals surface area contributed by atoms with Crippen LogP contribution >= 0.6 is 0 Å². The first-order valence-corrected chi connectivity index (χ1v) is 13.9. The number of piperazine rings is 1. The first kappa shape index (κ1) is 27.2. The summed E-state index contributed by atoms with van der Waals surface area (Å²) in [6.45, 7) is 5.58. The minimum Gasteiger partial charge on any atom is -0.454 e. The number of amides is 1. The third-order valence-electron chi connectivity index (χ3n) is 8.15. The number of aromatic nitrogens is 1. The summed E-state index contributed by atoms with van der Waals surface area (Å²) in [5.41, 5.74) is 3.82. The molecule has 0 aliphatic carbocycles. The number of benzene rings is 3. The number of para-hydroxylation sites is 1. The standard InChI is InChI=1S/C32H32F3N3O3/c1-2-22-5-4-8-25-27(18-36-31(22)25)26(23-6-3-7-24(16-23)32(33,34)35)17-30(39)38-13-11-37(12-14-38)19-21-9-10-28-29(15-21)41-20-40-28/h3-10,15-16,18,26,36H,2,11-14,17,19-20H2,1H3. The molecule has 0 spiro atoms. The SMILES string of the molecule is CCc1cccc2c(C(CC(=O)N3CCN(Cc4ccc5c(c4)OCO5)CC3)c3cccc(C(F)(F)F)c3)c[nH]c12. The smallest absolute Gasteiger partial charge is 0.416 e. The Morgan fingerprint density at radius 2 is 1.76 bits per heavy atom. The van der Waals surface area contributed by atoms with Crippen LogP contribution in [0.15, 0.2) is 66.9 Å². The zero-order valence-electron chi connectivity index (χ0n) is 22.8. The molecule has 1 fully saturated rings. The van der Waals surface area contributed by atoms with E-state index < -0.39 is 17.7 Å². The van der Waals surface area contributed by atoms with Gasteiger partial charge in [0, 0.05) is 62.2 Å². The lowest BCUT2D eigenvalue weighted by Crippen LogP contribution is -2.48. The second-order valence-electron chi connectivity index (χ2n) is 10.7. The quantitative estimate of drug-likeness (QED) is 0.285. The molecule has 1 saturated heterocycles. The van der Waals surface area contributed by atoms with Gasteiger partial charge in [-0.05, 0) is 46.9 Å². The van der Waals surface area contributed by atoms with Crippen molar-refractivity contribution in [1.82, 2.24) is 14.8 Å². The predicted octanol–water partition coefficient (Wildman–Crippen LogP) is 6.34. The summed E-state index contributed by atoms with van der Waals surface area (Å²) in [5, 5.41) is 0.938. The zero-order valence-corrected chi connectivity index (χ0v) is 22.8. The van der Waals surface area contributed by atoms with Gasteiger partial charge in [-0.1, -0.05) is 49.4 Å². The molecular weight excluding hydrogens is 531 g/mol. The fraction of sp³-hybridized carbons (Fsp3) is 0.344. The van der Waals surface area contributed by atoms with E-state index in [1.165, 1.54) is 12.1 Å². The van der Waals surface area contributed by atoms with Crippen LogP contribution in [0.4, 0.5) is 13.2 Å². The molecule has 2 aliphatic heterocycles. The molecule has 1 unspecified atom stereocenters. The van der Waals surface area contributed by atoms with Gasteiger partial charge in [0.2, 0.25) is 12.7 Å². The topological polar surface area (TPSA) is 57.8 Å². The Morgan fingerprint density at radius 1 is 0.976 bits per heavy atom. The molecule has 2 aliphatic rings. The monoisotopic (exact) mass is 563 g/mol. The van der Waals surface area contributed by atoms with Crippen molar-refractivity contribution >= 4 is 16.8 Å². The first-order valence-electron chi connectivity index (χ1n) is 13.9. The van der Waals surface area contributed by atoms with E-state index >= 15 is 0 Å². The number of halogens is 3. The molecule has 1 atom stereocenters. The average molecular weight is 564 g/mol. The van der Waals surface area contributed by atoms with E-state index in [9.17, 15) is 18.0 Å². The number of ether oxygens (including phenoxy) is 2. The van der Waals surface area contributed by atoms with Gasteiger partial charge in [-0.3, -0.25) is 9.69 Å². The molecule has 1 amide bonds. The Hall–Kier alpha value is -3.98. The van der Waals surface area contributed by atoms with Crippen LogP contribution in [0.5, 0.6) is 11.5 Å². The minimum absolute atomic E-state index is 0.0591. The maximum atomic E-state index is 13.7. The normalized spacial score (nSPS) is 16.3. The lowest BCUT2D eigenvalue weighted by Gasteiger charge is -2.35. The van der Waals surface area contributed by atoms with E-state index in [0.717, 1.165) is 58.1 Å². The third-order valence-corrected chi connectivity index (χ3v) is 8.15. The summed E-state index contributed by atoms with van der Waals surface area (Å²) < 4.78 is 51.8. The number of carbonyl (C=O) groups excluding carboxylic acids is 1. The average Bonchev–Trinajstić information content (AvgIpc) is 3.63. The van der Waals surface area contributed by atoms with E-state index in [1.54, 1.807) is 6.07 Å². The van der Waals surface area contributed by atoms with Crippen molar-refractivity contribution in [2.45, 2.75) is 38.4 Å². The molecule has 0 saturated carbocycles. The summed E-state index contributed by atoms with van der Waals surface area (Å²) in [6.07, 6.45) is -1.70. The van der Waals surface area contributed by atoms with E-state index in [4.69, 9.17) is 9.47 Å². The molecule has 0 radical (unpaired) electrons. The Balaban J connectivity index is 1.20. The number of aryl methyl sites for hydroxylation is 1. The van der Waals surface area contributed by atoms with Crippen molar-refractivity contribution in [2.24, 2.45) is 0 Å². The molecule has 3 heterocycles. The van der Waals surface area contributed by atoms with Gasteiger partial charge < -0.3 is 19.4 Å². The van der Waals surface area contributed by atoms with Gasteiger partial charge >= 0.3 is 6.18 Å². The van der Waals surface area contributed by atoms with Crippen molar-refractivity contribution in [1.29, 1.82) is 0 Å². The van der Waals surface area contributed by atoms with Crippen LogP contribution in [0.3, 0.4) is 0 Å². The molecule has 0 bridgehead atoms. The van der Waals surface area contributed by atoms with E-state index in [1.807, 2.05) is 47.5 Å². The number of fused-ring (bicyclic) bond motifs is 2. The number of carbonyl (C=O) groups is 1. The molecule has 3 aromatic carbocycles. The number of aromatic amines is 1. The number of nitrogens with one attached hydrogen (secondary N) is 1. The molecule has 1 aromatic heterocycles. The fourth-order valence-corrected chi connectivity index (χ4v) is 5.92. The van der Waals surface area contributed by atoms with Gasteiger partial charge in [0.15, 0.2) is 11.5 Å². The van der Waals surface area contributed by atoms with Crippen molar-refractivity contribution in [2.75, 3.05) is 33.0 Å². The fourth-order valence-electron chi connectivity index (χ4n) is 5.92. The maximum Gasteiger partial charge on any atom is 0.416 e.